The van der Waals surface area contributed by atoms with Crippen LogP contribution in [0.15, 0.2) is 87.2 Å². The lowest BCUT2D eigenvalue weighted by Crippen LogP contribution is -2.13. The van der Waals surface area contributed by atoms with E-state index < -0.39 is 15.8 Å². The fourth-order valence-electron chi connectivity index (χ4n) is 2.84. The molecule has 4 rings (SSSR count). The maximum atomic E-state index is 13.8. The Hall–Kier alpha value is -2.97. The van der Waals surface area contributed by atoms with Crippen LogP contribution in [0, 0.1) is 5.82 Å². The van der Waals surface area contributed by atoms with Crippen molar-refractivity contribution in [1.29, 1.82) is 0 Å². The minimum Gasteiger partial charge on any atom is -0.443 e. The van der Waals surface area contributed by atoms with Crippen LogP contribution >= 0.6 is 11.8 Å². The minimum atomic E-state index is -4.02. The maximum absolute atomic E-state index is 13.8. The van der Waals surface area contributed by atoms with E-state index >= 15 is 0 Å². The van der Waals surface area contributed by atoms with E-state index in [1.165, 1.54) is 23.9 Å². The summed E-state index contributed by atoms with van der Waals surface area (Å²) in [7, 11) is -4.02. The number of thioether (sulfide) groups is 1. The Morgan fingerprint density at radius 1 is 1.00 bits per heavy atom. The molecule has 5 nitrogen and oxygen atoms in total. The molecule has 0 atom stereocenters. The van der Waals surface area contributed by atoms with Gasteiger partial charge < -0.3 is 10.2 Å². The number of sulfonamides is 1. The fraction of sp³-hybridized carbons (Fsp3) is 0.0476. The van der Waals surface area contributed by atoms with Gasteiger partial charge in [0.25, 0.3) is 10.0 Å². The number of anilines is 2. The van der Waals surface area contributed by atoms with Crippen molar-refractivity contribution in [2.24, 2.45) is 0 Å². The highest BCUT2D eigenvalue weighted by atomic mass is 32.2. The number of halogens is 1. The quantitative estimate of drug-likeness (QED) is 0.324. The van der Waals surface area contributed by atoms with Crippen molar-refractivity contribution in [1.82, 2.24) is 0 Å². The smallest absolute Gasteiger partial charge is 0.295 e. The molecule has 29 heavy (non-hydrogen) atoms. The van der Waals surface area contributed by atoms with Crippen LogP contribution in [0.25, 0.3) is 11.0 Å². The second-order valence-electron chi connectivity index (χ2n) is 6.38. The predicted molar refractivity (Wildman–Crippen MR) is 114 cm³/mol. The van der Waals surface area contributed by atoms with Crippen LogP contribution in [0.5, 0.6) is 0 Å². The molecule has 4 aromatic rings. The number of benzene rings is 3. The number of furan rings is 1. The van der Waals surface area contributed by atoms with Gasteiger partial charge in [-0.25, -0.2) is 4.39 Å². The maximum Gasteiger partial charge on any atom is 0.295 e. The van der Waals surface area contributed by atoms with Gasteiger partial charge in [0.2, 0.25) is 5.09 Å². The van der Waals surface area contributed by atoms with Gasteiger partial charge in [-0.1, -0.05) is 30.3 Å². The van der Waals surface area contributed by atoms with Crippen LogP contribution in [-0.4, -0.2) is 8.42 Å². The van der Waals surface area contributed by atoms with E-state index in [1.807, 2.05) is 18.2 Å². The molecule has 148 valence electrons. The standard InChI is InChI=1S/C21H17FN2O3S2/c22-16-8-9-20(28-13-14-4-3-6-17(23)10-14)18(12-16)24-29(25,26)21-11-15-5-1-2-7-19(15)27-21/h1-12,24H,13,23H2. The Kier molecular flexibility index (Phi) is 5.21. The monoisotopic (exact) mass is 428 g/mol. The third-order valence-electron chi connectivity index (χ3n) is 4.20. The van der Waals surface area contributed by atoms with Crippen molar-refractivity contribution in [2.75, 3.05) is 10.5 Å². The summed E-state index contributed by atoms with van der Waals surface area (Å²) in [6.45, 7) is 0. The molecule has 3 aromatic carbocycles. The molecule has 0 radical (unpaired) electrons. The lowest BCUT2D eigenvalue weighted by molar-refractivity contribution is 0.484. The highest BCUT2D eigenvalue weighted by Crippen LogP contribution is 2.33. The minimum absolute atomic E-state index is 0.152. The number of hydrogen-bond donors (Lipinski definition) is 2. The second-order valence-corrected chi connectivity index (χ2v) is 9.01. The van der Waals surface area contributed by atoms with Crippen molar-refractivity contribution in [3.05, 3.63) is 84.2 Å². The van der Waals surface area contributed by atoms with Gasteiger partial charge in [0.05, 0.1) is 5.69 Å². The Balaban J connectivity index is 1.61. The molecule has 0 amide bonds. The third kappa shape index (κ3) is 4.38. The topological polar surface area (TPSA) is 85.3 Å². The summed E-state index contributed by atoms with van der Waals surface area (Å²) in [5.74, 6) is 0.0105. The molecule has 8 heteroatoms. The van der Waals surface area contributed by atoms with Gasteiger partial charge >= 0.3 is 0 Å². The number of para-hydroxylation sites is 1. The Labute approximate surface area is 171 Å². The number of nitrogens with one attached hydrogen (secondary N) is 1. The van der Waals surface area contributed by atoms with Crippen molar-refractivity contribution in [3.63, 3.8) is 0 Å². The lowest BCUT2D eigenvalue weighted by Gasteiger charge is -2.11. The van der Waals surface area contributed by atoms with Crippen LogP contribution in [-0.2, 0) is 15.8 Å². The van der Waals surface area contributed by atoms with Gasteiger partial charge in [0, 0.05) is 27.8 Å². The Morgan fingerprint density at radius 3 is 2.62 bits per heavy atom. The van der Waals surface area contributed by atoms with E-state index in [0.717, 1.165) is 11.6 Å². The van der Waals surface area contributed by atoms with Gasteiger partial charge in [-0.3, -0.25) is 4.72 Å². The SMILES string of the molecule is Nc1cccc(CSc2ccc(F)cc2NS(=O)(=O)c2cc3ccccc3o2)c1. The zero-order valence-electron chi connectivity index (χ0n) is 15.1. The zero-order valence-corrected chi connectivity index (χ0v) is 16.8. The van der Waals surface area contributed by atoms with E-state index in [-0.39, 0.29) is 10.8 Å². The zero-order chi connectivity index (χ0) is 20.4. The third-order valence-corrected chi connectivity index (χ3v) is 6.56. The van der Waals surface area contributed by atoms with Crippen molar-refractivity contribution < 1.29 is 17.2 Å². The van der Waals surface area contributed by atoms with E-state index in [0.29, 0.717) is 27.3 Å². The van der Waals surface area contributed by atoms with Crippen LogP contribution in [0.4, 0.5) is 15.8 Å². The first-order valence-corrected chi connectivity index (χ1v) is 11.2. The molecule has 0 saturated carbocycles. The van der Waals surface area contributed by atoms with E-state index in [2.05, 4.69) is 4.72 Å². The molecule has 0 aliphatic rings. The first-order valence-electron chi connectivity index (χ1n) is 8.69. The number of rotatable bonds is 6. The molecular formula is C21H17FN2O3S2. The predicted octanol–water partition coefficient (Wildman–Crippen LogP) is 5.25. The molecule has 0 saturated heterocycles. The fourth-order valence-corrected chi connectivity index (χ4v) is 4.87. The summed E-state index contributed by atoms with van der Waals surface area (Å²) in [5, 5.41) is 0.443. The van der Waals surface area contributed by atoms with Crippen LogP contribution in [0.1, 0.15) is 5.56 Å². The normalized spacial score (nSPS) is 11.6. The summed E-state index contributed by atoms with van der Waals surface area (Å²) in [6, 6.07) is 19.8. The van der Waals surface area contributed by atoms with Crippen molar-refractivity contribution in [3.8, 4) is 0 Å². The van der Waals surface area contributed by atoms with Gasteiger partial charge in [0.15, 0.2) is 0 Å². The summed E-state index contributed by atoms with van der Waals surface area (Å²) < 4.78 is 47.3. The first-order chi connectivity index (χ1) is 13.9. The average molecular weight is 429 g/mol. The van der Waals surface area contributed by atoms with Gasteiger partial charge in [-0.2, -0.15) is 8.42 Å². The number of nitrogen functional groups attached to an aromatic ring is 1. The molecule has 1 aromatic heterocycles. The van der Waals surface area contributed by atoms with E-state index in [4.69, 9.17) is 10.2 Å². The molecule has 0 aliphatic carbocycles. The van der Waals surface area contributed by atoms with E-state index in [9.17, 15) is 12.8 Å². The molecule has 0 aliphatic heterocycles. The molecule has 3 N–H and O–H groups in total. The van der Waals surface area contributed by atoms with Gasteiger partial charge in [0.1, 0.15) is 11.4 Å². The first kappa shape index (κ1) is 19.4. The Morgan fingerprint density at radius 2 is 1.83 bits per heavy atom. The average Bonchev–Trinajstić information content (AvgIpc) is 3.12. The van der Waals surface area contributed by atoms with Crippen LogP contribution < -0.4 is 10.5 Å². The molecule has 1 heterocycles. The summed E-state index contributed by atoms with van der Waals surface area (Å²) in [6.07, 6.45) is 0. The summed E-state index contributed by atoms with van der Waals surface area (Å²) in [5.41, 5.74) is 8.03. The molecule has 0 spiro atoms. The van der Waals surface area contributed by atoms with Crippen LogP contribution in [0.2, 0.25) is 0 Å². The molecule has 0 unspecified atom stereocenters. The van der Waals surface area contributed by atoms with E-state index in [1.54, 1.807) is 36.4 Å². The van der Waals surface area contributed by atoms with Gasteiger partial charge in [-0.05, 0) is 42.0 Å². The molecule has 0 bridgehead atoms. The lowest BCUT2D eigenvalue weighted by atomic mass is 10.2. The molecule has 0 fully saturated rings. The van der Waals surface area contributed by atoms with Crippen molar-refractivity contribution >= 4 is 44.1 Å². The Bertz CT molecular complexity index is 1250. The van der Waals surface area contributed by atoms with Gasteiger partial charge in [-0.15, -0.1) is 11.8 Å². The number of hydrogen-bond acceptors (Lipinski definition) is 5. The number of fused-ring (bicyclic) bond motifs is 1. The number of nitrogens with two attached hydrogens (primary N) is 1. The highest BCUT2D eigenvalue weighted by molar-refractivity contribution is 7.98. The molecular weight excluding hydrogens is 411 g/mol. The second kappa shape index (κ2) is 7.81. The van der Waals surface area contributed by atoms with Crippen LogP contribution in [0.3, 0.4) is 0 Å². The highest BCUT2D eigenvalue weighted by Gasteiger charge is 2.21. The summed E-state index contributed by atoms with van der Waals surface area (Å²) in [4.78, 5) is 0.591. The van der Waals surface area contributed by atoms with Crippen molar-refractivity contribution in [2.45, 2.75) is 15.7 Å². The summed E-state index contributed by atoms with van der Waals surface area (Å²) >= 11 is 1.38. The largest absolute Gasteiger partial charge is 0.443 e.